The molecule has 1 N–H and O–H groups in total. The molecule has 0 spiro atoms. The van der Waals surface area contributed by atoms with Crippen molar-refractivity contribution >= 4 is 21.6 Å². The maximum absolute atomic E-state index is 12.6. The van der Waals surface area contributed by atoms with E-state index in [0.29, 0.717) is 37.5 Å². The summed E-state index contributed by atoms with van der Waals surface area (Å²) in [5.41, 5.74) is 3.20. The van der Waals surface area contributed by atoms with E-state index in [4.69, 9.17) is 4.42 Å². The van der Waals surface area contributed by atoms with E-state index < -0.39 is 9.84 Å². The van der Waals surface area contributed by atoms with Gasteiger partial charge in [-0.3, -0.25) is 0 Å². The predicted molar refractivity (Wildman–Crippen MR) is 104 cm³/mol. The van der Waals surface area contributed by atoms with Crippen LogP contribution in [0.25, 0.3) is 11.5 Å². The topological polar surface area (TPSA) is 92.5 Å². The van der Waals surface area contributed by atoms with E-state index in [1.807, 2.05) is 32.0 Å². The number of amides is 2. The molecule has 2 amide bonds. The molecule has 0 aliphatic carbocycles. The smallest absolute Gasteiger partial charge is 0.321 e. The number of sulfone groups is 1. The fraction of sp³-hybridized carbons (Fsp3) is 0.474. The Morgan fingerprint density at radius 1 is 1.30 bits per heavy atom. The molecule has 7 nitrogen and oxygen atoms in total. The molecular weight excluding hydrogens is 366 g/mol. The third kappa shape index (κ3) is 4.32. The number of nitrogens with one attached hydrogen (secondary N) is 1. The summed E-state index contributed by atoms with van der Waals surface area (Å²) in [5, 5.41) is 2.59. The molecule has 1 aliphatic rings. The number of carbonyl (C=O) groups excluding carboxylic acids is 1. The number of rotatable bonds is 4. The van der Waals surface area contributed by atoms with E-state index >= 15 is 0 Å². The number of nitrogens with zero attached hydrogens (tertiary/aromatic N) is 2. The van der Waals surface area contributed by atoms with Crippen molar-refractivity contribution in [1.82, 2.24) is 9.88 Å². The molecule has 0 bridgehead atoms. The minimum absolute atomic E-state index is 0.149. The fourth-order valence-electron chi connectivity index (χ4n) is 3.22. The fourth-order valence-corrected chi connectivity index (χ4v) is 4.62. The van der Waals surface area contributed by atoms with Gasteiger partial charge in [0, 0.05) is 30.1 Å². The molecular formula is C19H25N3O4S. The average molecular weight is 391 g/mol. The molecule has 1 aliphatic heterocycles. The zero-order chi connectivity index (χ0) is 19.6. The van der Waals surface area contributed by atoms with Crippen molar-refractivity contribution in [1.29, 1.82) is 0 Å². The molecule has 27 heavy (non-hydrogen) atoms. The molecule has 2 aromatic rings. The molecule has 0 atom stereocenters. The third-order valence-corrected chi connectivity index (χ3v) is 7.28. The number of hydrogen-bond acceptors (Lipinski definition) is 5. The van der Waals surface area contributed by atoms with Crippen LogP contribution in [-0.2, 0) is 9.84 Å². The van der Waals surface area contributed by atoms with Crippen molar-refractivity contribution < 1.29 is 17.6 Å². The summed E-state index contributed by atoms with van der Waals surface area (Å²) in [5.74, 6) is 0.657. The standard InChI is InChI=1S/C19H25N3O4S/c1-4-27(24,25)16-7-9-22(10-8-16)19(23)21-17-11-15(6-5-13(17)2)18-20-14(3)12-26-18/h5-6,11-12,16H,4,7-10H2,1-3H3,(H,21,23). The Kier molecular flexibility index (Phi) is 5.55. The van der Waals surface area contributed by atoms with Crippen molar-refractivity contribution in [3.05, 3.63) is 35.7 Å². The Labute approximate surface area is 159 Å². The molecule has 2 heterocycles. The van der Waals surface area contributed by atoms with Gasteiger partial charge in [-0.05, 0) is 44.4 Å². The van der Waals surface area contributed by atoms with Gasteiger partial charge in [-0.2, -0.15) is 0 Å². The molecule has 1 fully saturated rings. The van der Waals surface area contributed by atoms with Crippen LogP contribution in [0.2, 0.25) is 0 Å². The van der Waals surface area contributed by atoms with Gasteiger partial charge in [0.25, 0.3) is 0 Å². The maximum Gasteiger partial charge on any atom is 0.321 e. The van der Waals surface area contributed by atoms with Gasteiger partial charge < -0.3 is 14.6 Å². The van der Waals surface area contributed by atoms with Crippen LogP contribution in [-0.4, -0.2) is 48.4 Å². The first-order chi connectivity index (χ1) is 12.8. The van der Waals surface area contributed by atoms with Crippen LogP contribution in [0, 0.1) is 13.8 Å². The zero-order valence-electron chi connectivity index (χ0n) is 15.9. The first-order valence-corrected chi connectivity index (χ1v) is 10.8. The summed E-state index contributed by atoms with van der Waals surface area (Å²) in [6, 6.07) is 5.43. The van der Waals surface area contributed by atoms with Crippen LogP contribution in [0.4, 0.5) is 10.5 Å². The highest BCUT2D eigenvalue weighted by Crippen LogP contribution is 2.26. The van der Waals surface area contributed by atoms with Gasteiger partial charge in [0.1, 0.15) is 6.26 Å². The van der Waals surface area contributed by atoms with Gasteiger partial charge in [-0.25, -0.2) is 18.2 Å². The van der Waals surface area contributed by atoms with E-state index in [9.17, 15) is 13.2 Å². The van der Waals surface area contributed by atoms with E-state index in [1.54, 1.807) is 18.1 Å². The Morgan fingerprint density at radius 2 is 2.00 bits per heavy atom. The first kappa shape index (κ1) is 19.4. The summed E-state index contributed by atoms with van der Waals surface area (Å²) < 4.78 is 29.4. The lowest BCUT2D eigenvalue weighted by Gasteiger charge is -2.31. The van der Waals surface area contributed by atoms with E-state index in [0.717, 1.165) is 16.8 Å². The molecule has 3 rings (SSSR count). The van der Waals surface area contributed by atoms with Crippen LogP contribution in [0.3, 0.4) is 0 Å². The highest BCUT2D eigenvalue weighted by molar-refractivity contribution is 7.92. The van der Waals surface area contributed by atoms with Gasteiger partial charge in [-0.1, -0.05) is 13.0 Å². The van der Waals surface area contributed by atoms with Gasteiger partial charge in [0.05, 0.1) is 10.9 Å². The highest BCUT2D eigenvalue weighted by atomic mass is 32.2. The maximum atomic E-state index is 12.6. The molecule has 0 saturated carbocycles. The second-order valence-corrected chi connectivity index (χ2v) is 9.46. The Morgan fingerprint density at radius 3 is 2.59 bits per heavy atom. The minimum Gasteiger partial charge on any atom is -0.444 e. The van der Waals surface area contributed by atoms with Crippen LogP contribution in [0.15, 0.2) is 28.9 Å². The number of urea groups is 1. The van der Waals surface area contributed by atoms with E-state index in [1.165, 1.54) is 0 Å². The van der Waals surface area contributed by atoms with Gasteiger partial charge in [-0.15, -0.1) is 0 Å². The molecule has 8 heteroatoms. The SMILES string of the molecule is CCS(=O)(=O)C1CCN(C(=O)Nc2cc(-c3nc(C)co3)ccc2C)CC1. The van der Waals surface area contributed by atoms with Crippen LogP contribution >= 0.6 is 0 Å². The van der Waals surface area contributed by atoms with E-state index in [-0.39, 0.29) is 17.0 Å². The van der Waals surface area contributed by atoms with Crippen molar-refractivity contribution in [3.8, 4) is 11.5 Å². The number of hydrogen-bond donors (Lipinski definition) is 1. The number of carbonyl (C=O) groups is 1. The number of likely N-dealkylation sites (tertiary alicyclic amines) is 1. The second-order valence-electron chi connectivity index (χ2n) is 6.89. The van der Waals surface area contributed by atoms with Crippen molar-refractivity contribution in [2.75, 3.05) is 24.2 Å². The highest BCUT2D eigenvalue weighted by Gasteiger charge is 2.30. The third-order valence-electron chi connectivity index (χ3n) is 4.98. The largest absolute Gasteiger partial charge is 0.444 e. The average Bonchev–Trinajstić information content (AvgIpc) is 3.10. The lowest BCUT2D eigenvalue weighted by atomic mass is 10.1. The van der Waals surface area contributed by atoms with Gasteiger partial charge in [0.2, 0.25) is 5.89 Å². The second kappa shape index (κ2) is 7.72. The summed E-state index contributed by atoms with van der Waals surface area (Å²) in [6.45, 7) is 6.31. The Hall–Kier alpha value is -2.35. The first-order valence-electron chi connectivity index (χ1n) is 9.11. The number of anilines is 1. The van der Waals surface area contributed by atoms with Gasteiger partial charge >= 0.3 is 6.03 Å². The molecule has 1 aromatic carbocycles. The molecule has 0 unspecified atom stereocenters. The Balaban J connectivity index is 1.68. The van der Waals surface area contributed by atoms with Gasteiger partial charge in [0.15, 0.2) is 9.84 Å². The monoisotopic (exact) mass is 391 g/mol. The summed E-state index contributed by atoms with van der Waals surface area (Å²) in [6.07, 6.45) is 2.55. The van der Waals surface area contributed by atoms with Crippen LogP contribution < -0.4 is 5.32 Å². The zero-order valence-corrected chi connectivity index (χ0v) is 16.7. The van der Waals surface area contributed by atoms with Crippen LogP contribution in [0.5, 0.6) is 0 Å². The molecule has 1 aromatic heterocycles. The number of aryl methyl sites for hydroxylation is 2. The minimum atomic E-state index is -3.05. The predicted octanol–water partition coefficient (Wildman–Crippen LogP) is 3.39. The van der Waals surface area contributed by atoms with Crippen molar-refractivity contribution in [3.63, 3.8) is 0 Å². The Bertz CT molecular complexity index is 928. The quantitative estimate of drug-likeness (QED) is 0.862. The lowest BCUT2D eigenvalue weighted by molar-refractivity contribution is 0.200. The van der Waals surface area contributed by atoms with Crippen molar-refractivity contribution in [2.24, 2.45) is 0 Å². The summed E-state index contributed by atoms with van der Waals surface area (Å²) >= 11 is 0. The van der Waals surface area contributed by atoms with Crippen molar-refractivity contribution in [2.45, 2.75) is 38.9 Å². The molecule has 146 valence electrons. The molecule has 1 saturated heterocycles. The number of aromatic nitrogens is 1. The number of piperidine rings is 1. The number of oxazole rings is 1. The summed E-state index contributed by atoms with van der Waals surface area (Å²) in [7, 11) is -3.05. The summed E-state index contributed by atoms with van der Waals surface area (Å²) in [4.78, 5) is 18.6. The normalized spacial score (nSPS) is 15.7. The molecule has 0 radical (unpaired) electrons. The number of benzene rings is 1. The van der Waals surface area contributed by atoms with E-state index in [2.05, 4.69) is 10.3 Å². The lowest BCUT2D eigenvalue weighted by Crippen LogP contribution is -2.44. The van der Waals surface area contributed by atoms with Crippen LogP contribution in [0.1, 0.15) is 31.0 Å².